The van der Waals surface area contributed by atoms with Gasteiger partial charge in [-0.1, -0.05) is 24.6 Å². The first-order chi connectivity index (χ1) is 12.1. The van der Waals surface area contributed by atoms with Crippen LogP contribution in [-0.2, 0) is 0 Å². The van der Waals surface area contributed by atoms with Crippen LogP contribution in [0.3, 0.4) is 0 Å². The molecule has 1 heterocycles. The van der Waals surface area contributed by atoms with Crippen molar-refractivity contribution in [2.45, 2.75) is 20.3 Å². The topological polar surface area (TPSA) is 44.8 Å². The number of fused-ring (bicyclic) bond motifs is 1. The van der Waals surface area contributed by atoms with Gasteiger partial charge in [0.15, 0.2) is 17.3 Å². The number of hydrogen-bond acceptors (Lipinski definition) is 4. The molecule has 130 valence electrons. The lowest BCUT2D eigenvalue weighted by Crippen LogP contribution is -2.01. The Balaban J connectivity index is 1.89. The predicted octanol–water partition coefficient (Wildman–Crippen LogP) is 5.14. The zero-order chi connectivity index (χ0) is 17.8. The van der Waals surface area contributed by atoms with Gasteiger partial charge in [-0.15, -0.1) is 0 Å². The van der Waals surface area contributed by atoms with E-state index in [9.17, 15) is 4.79 Å². The van der Waals surface area contributed by atoms with E-state index in [0.717, 1.165) is 12.0 Å². The van der Waals surface area contributed by atoms with E-state index in [1.165, 1.54) is 0 Å². The van der Waals surface area contributed by atoms with Gasteiger partial charge in [0.2, 0.25) is 5.78 Å². The van der Waals surface area contributed by atoms with Crippen LogP contribution in [0.5, 0.6) is 17.2 Å². The molecule has 0 atom stereocenters. The van der Waals surface area contributed by atoms with Crippen LogP contribution >= 0.6 is 11.6 Å². The number of carbonyl (C=O) groups is 1. The molecule has 2 aromatic rings. The molecular formula is C20H19ClO4. The molecular weight excluding hydrogens is 340 g/mol. The van der Waals surface area contributed by atoms with Crippen LogP contribution in [-0.4, -0.2) is 19.0 Å². The van der Waals surface area contributed by atoms with Crippen molar-refractivity contribution in [3.63, 3.8) is 0 Å². The largest absolute Gasteiger partial charge is 0.490 e. The van der Waals surface area contributed by atoms with Gasteiger partial charge in [0.1, 0.15) is 5.75 Å². The molecule has 0 saturated carbocycles. The number of Topliss-reactive ketones (excluding diaryl/α,β-unsaturated/α-hetero) is 1. The lowest BCUT2D eigenvalue weighted by molar-refractivity contribution is 0.101. The second-order valence-electron chi connectivity index (χ2n) is 5.57. The first kappa shape index (κ1) is 17.4. The van der Waals surface area contributed by atoms with Gasteiger partial charge in [-0.05, 0) is 55.3 Å². The molecule has 0 bridgehead atoms. The van der Waals surface area contributed by atoms with Crippen molar-refractivity contribution in [3.8, 4) is 17.2 Å². The maximum Gasteiger partial charge on any atom is 0.232 e. The molecule has 0 N–H and O–H groups in total. The van der Waals surface area contributed by atoms with E-state index in [0.29, 0.717) is 41.0 Å². The van der Waals surface area contributed by atoms with Gasteiger partial charge in [-0.2, -0.15) is 0 Å². The Morgan fingerprint density at radius 2 is 1.92 bits per heavy atom. The molecule has 0 radical (unpaired) electrons. The lowest BCUT2D eigenvalue weighted by atomic mass is 10.1. The highest BCUT2D eigenvalue weighted by Crippen LogP contribution is 2.35. The maximum atomic E-state index is 12.5. The Labute approximate surface area is 152 Å². The summed E-state index contributed by atoms with van der Waals surface area (Å²) in [5.41, 5.74) is 1.28. The molecule has 2 aromatic carbocycles. The standard InChI is InChI=1S/C20H19ClO4/c1-3-9-24-17-7-5-13(10-18(17)23-4-2)11-19-20(22)15-12-14(21)6-8-16(15)25-19/h5-8,10-12H,3-4,9H2,1-2H3/b19-11-. The summed E-state index contributed by atoms with van der Waals surface area (Å²) >= 11 is 5.95. The zero-order valence-corrected chi connectivity index (χ0v) is 14.9. The third kappa shape index (κ3) is 3.80. The summed E-state index contributed by atoms with van der Waals surface area (Å²) in [6, 6.07) is 10.6. The van der Waals surface area contributed by atoms with Gasteiger partial charge in [-0.25, -0.2) is 0 Å². The molecule has 0 saturated heterocycles. The fraction of sp³-hybridized carbons (Fsp3) is 0.250. The second kappa shape index (κ2) is 7.62. The smallest absolute Gasteiger partial charge is 0.232 e. The van der Waals surface area contributed by atoms with Crippen LogP contribution in [0.2, 0.25) is 5.02 Å². The SMILES string of the molecule is CCCOc1ccc(/C=C2\Oc3ccc(Cl)cc3C2=O)cc1OCC. The molecule has 0 aromatic heterocycles. The number of rotatable bonds is 6. The summed E-state index contributed by atoms with van der Waals surface area (Å²) in [6.07, 6.45) is 2.61. The van der Waals surface area contributed by atoms with E-state index in [1.807, 2.05) is 32.0 Å². The zero-order valence-electron chi connectivity index (χ0n) is 14.2. The molecule has 4 nitrogen and oxygen atoms in total. The quantitative estimate of drug-likeness (QED) is 0.670. The van der Waals surface area contributed by atoms with E-state index in [1.54, 1.807) is 24.3 Å². The van der Waals surface area contributed by atoms with Crippen molar-refractivity contribution in [1.82, 2.24) is 0 Å². The highest BCUT2D eigenvalue weighted by Gasteiger charge is 2.27. The van der Waals surface area contributed by atoms with E-state index in [2.05, 4.69) is 0 Å². The average molecular weight is 359 g/mol. The molecule has 1 aliphatic rings. The molecule has 0 aliphatic carbocycles. The van der Waals surface area contributed by atoms with Gasteiger partial charge < -0.3 is 14.2 Å². The van der Waals surface area contributed by atoms with Crippen LogP contribution in [0, 0.1) is 0 Å². The average Bonchev–Trinajstić information content (AvgIpc) is 2.90. The lowest BCUT2D eigenvalue weighted by Gasteiger charge is -2.12. The van der Waals surface area contributed by atoms with Gasteiger partial charge >= 0.3 is 0 Å². The van der Waals surface area contributed by atoms with E-state index >= 15 is 0 Å². The van der Waals surface area contributed by atoms with Crippen molar-refractivity contribution in [2.24, 2.45) is 0 Å². The summed E-state index contributed by atoms with van der Waals surface area (Å²) in [7, 11) is 0. The summed E-state index contributed by atoms with van der Waals surface area (Å²) in [4.78, 5) is 12.5. The number of ketones is 1. The molecule has 3 rings (SSSR count). The molecule has 25 heavy (non-hydrogen) atoms. The van der Waals surface area contributed by atoms with Crippen LogP contribution in [0.25, 0.3) is 6.08 Å². The first-order valence-electron chi connectivity index (χ1n) is 8.25. The summed E-state index contributed by atoms with van der Waals surface area (Å²) < 4.78 is 17.0. The van der Waals surface area contributed by atoms with Crippen molar-refractivity contribution < 1.29 is 19.0 Å². The summed E-state index contributed by atoms with van der Waals surface area (Å²) in [6.45, 7) is 5.12. The molecule has 0 fully saturated rings. The fourth-order valence-electron chi connectivity index (χ4n) is 2.53. The van der Waals surface area contributed by atoms with Crippen LogP contribution < -0.4 is 14.2 Å². The molecule has 0 unspecified atom stereocenters. The van der Waals surface area contributed by atoms with Crippen LogP contribution in [0.15, 0.2) is 42.2 Å². The van der Waals surface area contributed by atoms with Gasteiger partial charge in [0.25, 0.3) is 0 Å². The number of benzene rings is 2. The summed E-state index contributed by atoms with van der Waals surface area (Å²) in [5, 5.41) is 0.507. The Hall–Kier alpha value is -2.46. The minimum absolute atomic E-state index is 0.179. The number of carbonyl (C=O) groups excluding carboxylic acids is 1. The molecule has 0 amide bonds. The third-order valence-corrected chi connectivity index (χ3v) is 3.89. The number of halogens is 1. The Kier molecular flexibility index (Phi) is 5.29. The normalized spacial score (nSPS) is 14.4. The summed E-state index contributed by atoms with van der Waals surface area (Å²) in [5.74, 6) is 1.95. The maximum absolute atomic E-state index is 12.5. The predicted molar refractivity (Wildman–Crippen MR) is 97.8 cm³/mol. The molecule has 5 heteroatoms. The minimum Gasteiger partial charge on any atom is -0.490 e. The molecule has 0 spiro atoms. The Morgan fingerprint density at radius 1 is 1.08 bits per heavy atom. The highest BCUT2D eigenvalue weighted by atomic mass is 35.5. The first-order valence-corrected chi connectivity index (χ1v) is 8.63. The van der Waals surface area contributed by atoms with Crippen LogP contribution in [0.1, 0.15) is 36.2 Å². The van der Waals surface area contributed by atoms with Crippen molar-refractivity contribution >= 4 is 23.5 Å². The Morgan fingerprint density at radius 3 is 2.68 bits per heavy atom. The van der Waals surface area contributed by atoms with Crippen molar-refractivity contribution in [1.29, 1.82) is 0 Å². The number of allylic oxidation sites excluding steroid dienone is 1. The van der Waals surface area contributed by atoms with E-state index in [4.69, 9.17) is 25.8 Å². The molecule has 1 aliphatic heterocycles. The van der Waals surface area contributed by atoms with Gasteiger partial charge in [0.05, 0.1) is 18.8 Å². The highest BCUT2D eigenvalue weighted by molar-refractivity contribution is 6.31. The monoisotopic (exact) mass is 358 g/mol. The second-order valence-corrected chi connectivity index (χ2v) is 6.00. The fourth-order valence-corrected chi connectivity index (χ4v) is 2.70. The van der Waals surface area contributed by atoms with Crippen molar-refractivity contribution in [2.75, 3.05) is 13.2 Å². The third-order valence-electron chi connectivity index (χ3n) is 3.66. The number of ether oxygens (including phenoxy) is 3. The number of hydrogen-bond donors (Lipinski definition) is 0. The minimum atomic E-state index is -0.179. The van der Waals surface area contributed by atoms with E-state index in [-0.39, 0.29) is 11.5 Å². The van der Waals surface area contributed by atoms with Crippen molar-refractivity contribution in [3.05, 3.63) is 58.3 Å². The van der Waals surface area contributed by atoms with Crippen LogP contribution in [0.4, 0.5) is 0 Å². The van der Waals surface area contributed by atoms with Gasteiger partial charge in [0, 0.05) is 5.02 Å². The van der Waals surface area contributed by atoms with E-state index < -0.39 is 0 Å². The Bertz CT molecular complexity index is 826. The van der Waals surface area contributed by atoms with Gasteiger partial charge in [-0.3, -0.25) is 4.79 Å².